The Hall–Kier alpha value is -0.0200. The van der Waals surface area contributed by atoms with Crippen molar-refractivity contribution in [2.24, 2.45) is 0 Å². The van der Waals surface area contributed by atoms with Crippen molar-refractivity contribution in [2.75, 3.05) is 20.9 Å². The zero-order valence-electron chi connectivity index (χ0n) is 7.29. The summed E-state index contributed by atoms with van der Waals surface area (Å²) in [6, 6.07) is 0. The van der Waals surface area contributed by atoms with Crippen LogP contribution in [0.5, 0.6) is 0 Å². The fourth-order valence-corrected chi connectivity index (χ4v) is 1.38. The molecule has 0 saturated heterocycles. The Morgan fingerprint density at radius 2 is 1.82 bits per heavy atom. The van der Waals surface area contributed by atoms with Crippen LogP contribution in [0.3, 0.4) is 0 Å². The maximum Gasteiger partial charge on any atom is 0.510 e. The van der Waals surface area contributed by atoms with Crippen LogP contribution in [0.1, 0.15) is 13.3 Å². The molecule has 0 rings (SSSR count). The predicted octanol–water partition coefficient (Wildman–Crippen LogP) is 1.73. The second-order valence-corrected chi connectivity index (χ2v) is 3.04. The van der Waals surface area contributed by atoms with Crippen molar-refractivity contribution in [3.8, 4) is 0 Å². The molecule has 0 aliphatic rings. The van der Waals surface area contributed by atoms with E-state index in [4.69, 9.17) is 14.0 Å². The highest BCUT2D eigenvalue weighted by Gasteiger charge is 2.37. The van der Waals surface area contributed by atoms with E-state index >= 15 is 0 Å². The van der Waals surface area contributed by atoms with E-state index < -0.39 is 14.0 Å². The topological polar surface area (TPSA) is 44.8 Å². The van der Waals surface area contributed by atoms with Crippen LogP contribution in [-0.4, -0.2) is 26.9 Å². The number of ether oxygens (including phenoxy) is 2. The van der Waals surface area contributed by atoms with Crippen molar-refractivity contribution in [3.05, 3.63) is 0 Å². The van der Waals surface area contributed by atoms with Crippen molar-refractivity contribution >= 4 is 8.03 Å². The van der Waals surface area contributed by atoms with Crippen LogP contribution in [0.25, 0.3) is 0 Å². The first kappa shape index (κ1) is 11.0. The molecule has 1 atom stereocenters. The third-order valence-corrected chi connectivity index (χ3v) is 1.86. The largest absolute Gasteiger partial charge is 0.510 e. The summed E-state index contributed by atoms with van der Waals surface area (Å²) in [7, 11) is 1.19. The van der Waals surface area contributed by atoms with E-state index in [0.717, 1.165) is 0 Å². The van der Waals surface area contributed by atoms with Gasteiger partial charge in [0.2, 0.25) is 0 Å². The minimum atomic E-state index is -1.71. The van der Waals surface area contributed by atoms with E-state index in [1.807, 2.05) is 6.92 Å². The molecule has 0 radical (unpaired) electrons. The van der Waals surface area contributed by atoms with E-state index in [-0.39, 0.29) is 0 Å². The summed E-state index contributed by atoms with van der Waals surface area (Å²) in [5, 5.41) is 0. The summed E-state index contributed by atoms with van der Waals surface area (Å²) >= 11 is 0. The fraction of sp³-hybridized carbons (Fsp3) is 1.00. The monoisotopic (exact) mass is 181 g/mol. The quantitative estimate of drug-likeness (QED) is 0.478. The van der Waals surface area contributed by atoms with E-state index in [1.54, 1.807) is 0 Å². The van der Waals surface area contributed by atoms with Crippen molar-refractivity contribution in [1.82, 2.24) is 0 Å². The fourth-order valence-electron chi connectivity index (χ4n) is 0.707. The van der Waals surface area contributed by atoms with Gasteiger partial charge in [-0.3, -0.25) is 0 Å². The molecule has 0 heterocycles. The zero-order chi connectivity index (χ0) is 8.91. The molecule has 0 fully saturated rings. The number of hydrogen-bond donors (Lipinski definition) is 0. The second kappa shape index (κ2) is 4.78. The molecule has 4 nitrogen and oxygen atoms in total. The first-order chi connectivity index (χ1) is 5.10. The number of methoxy groups -OCH3 is 2. The molecular formula is C6H14O4P+. The van der Waals surface area contributed by atoms with Gasteiger partial charge in [-0.05, 0) is 4.57 Å². The van der Waals surface area contributed by atoms with Gasteiger partial charge in [0, 0.05) is 20.6 Å². The van der Waals surface area contributed by atoms with Gasteiger partial charge in [-0.15, -0.1) is 0 Å². The lowest BCUT2D eigenvalue weighted by molar-refractivity contribution is -0.320. The Labute approximate surface area is 67.7 Å². The van der Waals surface area contributed by atoms with Crippen LogP contribution in [0.15, 0.2) is 0 Å². The van der Waals surface area contributed by atoms with Gasteiger partial charge in [0.05, 0.1) is 0 Å². The second-order valence-electron chi connectivity index (χ2n) is 1.98. The number of hydrogen-bond acceptors (Lipinski definition) is 4. The van der Waals surface area contributed by atoms with Crippen LogP contribution in [0.2, 0.25) is 0 Å². The van der Waals surface area contributed by atoms with E-state index in [0.29, 0.717) is 6.42 Å². The predicted molar refractivity (Wildman–Crippen MR) is 41.7 cm³/mol. The van der Waals surface area contributed by atoms with Gasteiger partial charge in [-0.2, -0.15) is 0 Å². The molecule has 0 aliphatic carbocycles. The Balaban J connectivity index is 4.16. The lowest BCUT2D eigenvalue weighted by Crippen LogP contribution is -2.33. The molecule has 0 aliphatic heterocycles. The molecule has 5 heteroatoms. The molecule has 1 unspecified atom stereocenters. The van der Waals surface area contributed by atoms with Gasteiger partial charge in [0.1, 0.15) is 0 Å². The van der Waals surface area contributed by atoms with E-state index in [2.05, 4.69) is 0 Å². The van der Waals surface area contributed by atoms with Gasteiger partial charge in [0.25, 0.3) is 0 Å². The Bertz CT molecular complexity index is 124. The normalized spacial score (nSPS) is 13.3. The molecule has 0 N–H and O–H groups in total. The van der Waals surface area contributed by atoms with Gasteiger partial charge >= 0.3 is 14.0 Å². The zero-order valence-corrected chi connectivity index (χ0v) is 8.18. The third kappa shape index (κ3) is 3.25. The first-order valence-corrected chi connectivity index (χ1v) is 4.93. The SMILES string of the molecule is CCC(OC)(OC)O[P+](C)=O. The molecule has 11 heavy (non-hydrogen) atoms. The van der Waals surface area contributed by atoms with Crippen molar-refractivity contribution < 1.29 is 18.6 Å². The van der Waals surface area contributed by atoms with Gasteiger partial charge < -0.3 is 9.47 Å². The number of rotatable bonds is 5. The van der Waals surface area contributed by atoms with Gasteiger partial charge in [-0.25, -0.2) is 0 Å². The van der Waals surface area contributed by atoms with Crippen LogP contribution < -0.4 is 0 Å². The summed E-state index contributed by atoms with van der Waals surface area (Å²) in [5.74, 6) is -1.14. The van der Waals surface area contributed by atoms with Crippen molar-refractivity contribution in [3.63, 3.8) is 0 Å². The Morgan fingerprint density at radius 3 is 1.91 bits per heavy atom. The molecule has 0 aromatic heterocycles. The van der Waals surface area contributed by atoms with Crippen LogP contribution in [0, 0.1) is 0 Å². The molecule has 0 amide bonds. The minimum absolute atomic E-state index is 0.495. The first-order valence-electron chi connectivity index (χ1n) is 3.30. The highest BCUT2D eigenvalue weighted by molar-refractivity contribution is 7.38. The molecule has 0 saturated carbocycles. The average molecular weight is 181 g/mol. The summed E-state index contributed by atoms with van der Waals surface area (Å²) in [5.41, 5.74) is 0. The lowest BCUT2D eigenvalue weighted by Gasteiger charge is -2.22. The maximum absolute atomic E-state index is 10.7. The molecule has 0 aromatic carbocycles. The molecule has 66 valence electrons. The lowest BCUT2D eigenvalue weighted by atomic mass is 10.4. The summed E-state index contributed by atoms with van der Waals surface area (Å²) in [6.07, 6.45) is 0.495. The summed E-state index contributed by atoms with van der Waals surface area (Å²) < 4.78 is 25.5. The van der Waals surface area contributed by atoms with Crippen molar-refractivity contribution in [2.45, 2.75) is 19.3 Å². The summed E-state index contributed by atoms with van der Waals surface area (Å²) in [4.78, 5) is 0. The smallest absolute Gasteiger partial charge is 0.328 e. The average Bonchev–Trinajstić information content (AvgIpc) is 2.00. The Morgan fingerprint density at radius 1 is 1.36 bits per heavy atom. The molecule has 0 aromatic rings. The van der Waals surface area contributed by atoms with E-state index in [9.17, 15) is 4.57 Å². The van der Waals surface area contributed by atoms with Crippen LogP contribution in [0.4, 0.5) is 0 Å². The van der Waals surface area contributed by atoms with Gasteiger partial charge in [0.15, 0.2) is 6.66 Å². The minimum Gasteiger partial charge on any atom is -0.328 e. The van der Waals surface area contributed by atoms with E-state index in [1.165, 1.54) is 20.9 Å². The highest BCUT2D eigenvalue weighted by atomic mass is 31.1. The van der Waals surface area contributed by atoms with Crippen LogP contribution in [-0.2, 0) is 18.6 Å². The Kier molecular flexibility index (Phi) is 4.77. The highest BCUT2D eigenvalue weighted by Crippen LogP contribution is 2.30. The third-order valence-electron chi connectivity index (χ3n) is 1.32. The van der Waals surface area contributed by atoms with Crippen molar-refractivity contribution in [1.29, 1.82) is 0 Å². The molecule has 0 spiro atoms. The van der Waals surface area contributed by atoms with Gasteiger partial charge in [-0.1, -0.05) is 11.4 Å². The standard InChI is InChI=1S/C6H14O4P/c1-5-6(8-2,9-3)10-11(4)7/h5H2,1-4H3/q+1. The maximum atomic E-state index is 10.7. The van der Waals surface area contributed by atoms with Crippen LogP contribution >= 0.6 is 8.03 Å². The summed E-state index contributed by atoms with van der Waals surface area (Å²) in [6.45, 7) is 3.28. The molecule has 0 bridgehead atoms. The molecular weight excluding hydrogens is 167 g/mol.